The van der Waals surface area contributed by atoms with E-state index in [0.717, 1.165) is 31.2 Å². The van der Waals surface area contributed by atoms with Gasteiger partial charge in [-0.05, 0) is 36.6 Å². The maximum Gasteiger partial charge on any atom is 0.256 e. The van der Waals surface area contributed by atoms with Gasteiger partial charge in [-0.2, -0.15) is 5.10 Å². The van der Waals surface area contributed by atoms with Crippen molar-refractivity contribution in [3.8, 4) is 11.5 Å². The Balaban J connectivity index is 1.48. The molecule has 3 N–H and O–H groups in total. The smallest absolute Gasteiger partial charge is 0.256 e. The molecule has 1 saturated carbocycles. The highest BCUT2D eigenvalue weighted by Gasteiger charge is 2.20. The normalized spacial score (nSPS) is 14.7. The second kappa shape index (κ2) is 8.38. The summed E-state index contributed by atoms with van der Waals surface area (Å²) in [6.07, 6.45) is 8.96. The monoisotopic (exact) mass is 395 g/mol. The summed E-state index contributed by atoms with van der Waals surface area (Å²) in [4.78, 5) is 17.3. The molecular formula is C21H25N5O3. The molecule has 0 aliphatic heterocycles. The molecule has 0 saturated heterocycles. The zero-order chi connectivity index (χ0) is 20.2. The molecule has 0 radical (unpaired) electrons. The van der Waals surface area contributed by atoms with Gasteiger partial charge in [0.2, 0.25) is 0 Å². The summed E-state index contributed by atoms with van der Waals surface area (Å²) < 4.78 is 6.74. The first kappa shape index (κ1) is 19.0. The van der Waals surface area contributed by atoms with E-state index in [4.69, 9.17) is 4.74 Å². The number of methoxy groups -OCH3 is 1. The summed E-state index contributed by atoms with van der Waals surface area (Å²) in [5.74, 6) is 1.03. The number of nitrogens with zero attached hydrogens (tertiary/aromatic N) is 3. The Labute approximate surface area is 168 Å². The minimum absolute atomic E-state index is 0.101. The highest BCUT2D eigenvalue weighted by molar-refractivity contribution is 5.99. The molecule has 8 heteroatoms. The summed E-state index contributed by atoms with van der Waals surface area (Å²) in [5.41, 5.74) is 1.93. The van der Waals surface area contributed by atoms with Crippen molar-refractivity contribution in [3.05, 3.63) is 47.8 Å². The predicted octanol–water partition coefficient (Wildman–Crippen LogP) is 3.12. The van der Waals surface area contributed by atoms with E-state index in [1.165, 1.54) is 13.5 Å². The minimum atomic E-state index is -0.125. The Morgan fingerprint density at radius 3 is 2.90 bits per heavy atom. The number of benzene rings is 1. The van der Waals surface area contributed by atoms with Crippen LogP contribution in [0.4, 0.5) is 5.82 Å². The summed E-state index contributed by atoms with van der Waals surface area (Å²) in [6, 6.07) is 7.21. The van der Waals surface area contributed by atoms with E-state index in [2.05, 4.69) is 20.7 Å². The number of amides is 1. The number of anilines is 1. The molecular weight excluding hydrogens is 370 g/mol. The molecule has 3 aromatic rings. The molecule has 0 unspecified atom stereocenters. The zero-order valence-corrected chi connectivity index (χ0v) is 16.4. The molecule has 1 aromatic carbocycles. The van der Waals surface area contributed by atoms with E-state index in [1.54, 1.807) is 35.1 Å². The number of aromatic hydroxyl groups is 1. The number of carbonyl (C=O) groups excluding carboxylic acids is 1. The molecule has 1 fully saturated rings. The number of ether oxygens (including phenoxy) is 1. The van der Waals surface area contributed by atoms with Crippen LogP contribution in [0.25, 0.3) is 5.65 Å². The second-order valence-corrected chi connectivity index (χ2v) is 7.31. The molecule has 152 valence electrons. The summed E-state index contributed by atoms with van der Waals surface area (Å²) in [6.45, 7) is 0.498. The highest BCUT2D eigenvalue weighted by atomic mass is 16.5. The number of nitrogens with one attached hydrogen (secondary N) is 2. The van der Waals surface area contributed by atoms with Crippen molar-refractivity contribution in [2.45, 2.75) is 44.7 Å². The third-order valence-corrected chi connectivity index (χ3v) is 5.27. The largest absolute Gasteiger partial charge is 0.504 e. The summed E-state index contributed by atoms with van der Waals surface area (Å²) >= 11 is 0. The Bertz CT molecular complexity index is 1010. The Morgan fingerprint density at radius 2 is 2.10 bits per heavy atom. The Morgan fingerprint density at radius 1 is 1.28 bits per heavy atom. The molecule has 0 bridgehead atoms. The number of aromatic nitrogens is 3. The van der Waals surface area contributed by atoms with Gasteiger partial charge in [-0.15, -0.1) is 0 Å². The van der Waals surface area contributed by atoms with Crippen molar-refractivity contribution in [2.24, 2.45) is 0 Å². The van der Waals surface area contributed by atoms with E-state index in [9.17, 15) is 9.90 Å². The van der Waals surface area contributed by atoms with Gasteiger partial charge in [0, 0.05) is 18.8 Å². The number of hydrogen-bond acceptors (Lipinski definition) is 6. The third-order valence-electron chi connectivity index (χ3n) is 5.27. The lowest BCUT2D eigenvalue weighted by Gasteiger charge is -2.22. The van der Waals surface area contributed by atoms with Gasteiger partial charge in [0.05, 0.1) is 13.3 Å². The van der Waals surface area contributed by atoms with Gasteiger partial charge in [0.15, 0.2) is 17.1 Å². The number of hydrogen-bond donors (Lipinski definition) is 3. The van der Waals surface area contributed by atoms with Gasteiger partial charge in [-0.25, -0.2) is 9.50 Å². The van der Waals surface area contributed by atoms with Crippen LogP contribution in [-0.2, 0) is 6.54 Å². The minimum Gasteiger partial charge on any atom is -0.504 e. The topological polar surface area (TPSA) is 101 Å². The standard InChI is InChI=1S/C21H25N5O3/c1-29-18-11-14(7-8-17(18)27)12-22-19-9-10-26-20(25-19)16(13-23-26)21(28)24-15-5-3-2-4-6-15/h7-11,13,15,27H,2-6,12H2,1H3,(H,22,25)(H,24,28). The predicted molar refractivity (Wildman–Crippen MR) is 109 cm³/mol. The maximum absolute atomic E-state index is 12.7. The van der Waals surface area contributed by atoms with Crippen LogP contribution in [0.15, 0.2) is 36.7 Å². The lowest BCUT2D eigenvalue weighted by Crippen LogP contribution is -2.36. The number of carbonyl (C=O) groups is 1. The van der Waals surface area contributed by atoms with E-state index < -0.39 is 0 Å². The van der Waals surface area contributed by atoms with Gasteiger partial charge in [0.1, 0.15) is 11.4 Å². The first-order chi connectivity index (χ1) is 14.1. The van der Waals surface area contributed by atoms with E-state index in [1.807, 2.05) is 6.07 Å². The van der Waals surface area contributed by atoms with Crippen LogP contribution in [0.5, 0.6) is 11.5 Å². The first-order valence-electron chi connectivity index (χ1n) is 9.89. The van der Waals surface area contributed by atoms with E-state index >= 15 is 0 Å². The van der Waals surface area contributed by atoms with Gasteiger partial charge in [-0.3, -0.25) is 4.79 Å². The van der Waals surface area contributed by atoms with Crippen molar-refractivity contribution in [2.75, 3.05) is 12.4 Å². The molecule has 4 rings (SSSR count). The van der Waals surface area contributed by atoms with Crippen LogP contribution in [0.1, 0.15) is 48.0 Å². The molecule has 0 spiro atoms. The number of fused-ring (bicyclic) bond motifs is 1. The van der Waals surface area contributed by atoms with Gasteiger partial charge in [0.25, 0.3) is 5.91 Å². The summed E-state index contributed by atoms with van der Waals surface area (Å²) in [5, 5.41) is 20.3. The number of rotatable bonds is 6. The van der Waals surface area contributed by atoms with E-state index in [0.29, 0.717) is 29.3 Å². The van der Waals surface area contributed by atoms with Gasteiger partial charge in [-0.1, -0.05) is 25.3 Å². The van der Waals surface area contributed by atoms with Crippen molar-refractivity contribution >= 4 is 17.4 Å². The van der Waals surface area contributed by atoms with Crippen LogP contribution < -0.4 is 15.4 Å². The molecule has 8 nitrogen and oxygen atoms in total. The lowest BCUT2D eigenvalue weighted by atomic mass is 9.95. The van der Waals surface area contributed by atoms with Crippen molar-refractivity contribution in [3.63, 3.8) is 0 Å². The molecule has 1 amide bonds. The molecule has 2 heterocycles. The molecule has 0 atom stereocenters. The van der Waals surface area contributed by atoms with Crippen LogP contribution >= 0.6 is 0 Å². The average Bonchev–Trinajstić information content (AvgIpc) is 3.17. The van der Waals surface area contributed by atoms with Crippen molar-refractivity contribution < 1.29 is 14.6 Å². The van der Waals surface area contributed by atoms with Gasteiger partial charge < -0.3 is 20.5 Å². The number of phenols is 1. The van der Waals surface area contributed by atoms with Crippen LogP contribution in [0, 0.1) is 0 Å². The first-order valence-corrected chi connectivity index (χ1v) is 9.89. The SMILES string of the molecule is COc1cc(CNc2ccn3ncc(C(=O)NC4CCCCC4)c3n2)ccc1O. The lowest BCUT2D eigenvalue weighted by molar-refractivity contribution is 0.0929. The maximum atomic E-state index is 12.7. The van der Waals surface area contributed by atoms with Crippen LogP contribution in [0.2, 0.25) is 0 Å². The van der Waals surface area contributed by atoms with Crippen molar-refractivity contribution in [1.82, 2.24) is 19.9 Å². The van der Waals surface area contributed by atoms with Crippen molar-refractivity contribution in [1.29, 1.82) is 0 Å². The molecule has 2 aromatic heterocycles. The van der Waals surface area contributed by atoms with Crippen LogP contribution in [-0.4, -0.2) is 38.8 Å². The fraction of sp³-hybridized carbons (Fsp3) is 0.381. The van der Waals surface area contributed by atoms with E-state index in [-0.39, 0.29) is 17.7 Å². The summed E-state index contributed by atoms with van der Waals surface area (Å²) in [7, 11) is 1.52. The average molecular weight is 395 g/mol. The molecule has 1 aliphatic rings. The zero-order valence-electron chi connectivity index (χ0n) is 16.4. The fourth-order valence-electron chi connectivity index (χ4n) is 3.66. The molecule has 1 aliphatic carbocycles. The highest BCUT2D eigenvalue weighted by Crippen LogP contribution is 2.26. The van der Waals surface area contributed by atoms with Gasteiger partial charge >= 0.3 is 0 Å². The number of phenolic OH excluding ortho intramolecular Hbond substituents is 1. The Kier molecular flexibility index (Phi) is 5.50. The second-order valence-electron chi connectivity index (χ2n) is 7.31. The van der Waals surface area contributed by atoms with Crippen LogP contribution in [0.3, 0.4) is 0 Å². The quantitative estimate of drug-likeness (QED) is 0.593. The molecule has 29 heavy (non-hydrogen) atoms. The third kappa shape index (κ3) is 4.26. The Hall–Kier alpha value is -3.29. The fourth-order valence-corrected chi connectivity index (χ4v) is 3.66.